The molecule has 0 saturated carbocycles. The van der Waals surface area contributed by atoms with Crippen LogP contribution in [0.2, 0.25) is 0 Å². The maximum atomic E-state index is 5.43. The zero-order chi connectivity index (χ0) is 21.9. The molecule has 2 heteroatoms. The van der Waals surface area contributed by atoms with Gasteiger partial charge in [0.2, 0.25) is 0 Å². The van der Waals surface area contributed by atoms with E-state index >= 15 is 0 Å². The van der Waals surface area contributed by atoms with Crippen LogP contribution in [0.15, 0.2) is 109 Å². The van der Waals surface area contributed by atoms with Crippen LogP contribution in [0.25, 0.3) is 43.1 Å². The topological polar surface area (TPSA) is 9.23 Å². The van der Waals surface area contributed by atoms with Crippen molar-refractivity contribution in [2.45, 2.75) is 6.92 Å². The highest BCUT2D eigenvalue weighted by Gasteiger charge is 2.23. The van der Waals surface area contributed by atoms with E-state index in [0.717, 1.165) is 5.75 Å². The molecule has 32 heavy (non-hydrogen) atoms. The summed E-state index contributed by atoms with van der Waals surface area (Å²) in [7, 11) is 1.71. The fourth-order valence-electron chi connectivity index (χ4n) is 4.05. The van der Waals surface area contributed by atoms with Crippen molar-refractivity contribution in [1.82, 2.24) is 0 Å². The van der Waals surface area contributed by atoms with Gasteiger partial charge in [-0.15, -0.1) is 11.3 Å². The van der Waals surface area contributed by atoms with Crippen molar-refractivity contribution < 1.29 is 4.74 Å². The number of ether oxygens (including phenoxy) is 1. The minimum Gasteiger partial charge on any atom is -0.497 e. The summed E-state index contributed by atoms with van der Waals surface area (Å²) in [5, 5.41) is 0. The van der Waals surface area contributed by atoms with Crippen LogP contribution >= 0.6 is 11.3 Å². The quantitative estimate of drug-likeness (QED) is 0.270. The maximum Gasteiger partial charge on any atom is 0.118 e. The molecule has 0 bridgehead atoms. The normalized spacial score (nSPS) is 10.8. The van der Waals surface area contributed by atoms with Gasteiger partial charge in [-0.05, 0) is 41.3 Å². The van der Waals surface area contributed by atoms with E-state index in [4.69, 9.17) is 4.74 Å². The predicted octanol–water partition coefficient (Wildman–Crippen LogP) is 8.73. The lowest BCUT2D eigenvalue weighted by molar-refractivity contribution is 0.415. The Morgan fingerprint density at radius 2 is 0.938 bits per heavy atom. The van der Waals surface area contributed by atoms with Gasteiger partial charge in [-0.1, -0.05) is 103 Å². The van der Waals surface area contributed by atoms with Gasteiger partial charge in [0.1, 0.15) is 5.75 Å². The van der Waals surface area contributed by atoms with E-state index in [1.165, 1.54) is 48.7 Å². The van der Waals surface area contributed by atoms with E-state index in [0.29, 0.717) is 0 Å². The third kappa shape index (κ3) is 3.86. The average molecular weight is 433 g/mol. The van der Waals surface area contributed by atoms with Gasteiger partial charge in [-0.2, -0.15) is 0 Å². The van der Waals surface area contributed by atoms with Crippen LogP contribution in [0.4, 0.5) is 0 Å². The van der Waals surface area contributed by atoms with E-state index in [1.54, 1.807) is 7.11 Å². The van der Waals surface area contributed by atoms with Crippen LogP contribution in [-0.2, 0) is 0 Å². The second-order valence-electron chi connectivity index (χ2n) is 7.84. The highest BCUT2D eigenvalue weighted by Crippen LogP contribution is 2.52. The van der Waals surface area contributed by atoms with Gasteiger partial charge in [0.15, 0.2) is 0 Å². The summed E-state index contributed by atoms with van der Waals surface area (Å²) in [5.74, 6) is 0.866. The Hall–Kier alpha value is -3.62. The number of hydrogen-bond acceptors (Lipinski definition) is 2. The molecule has 0 fully saturated rings. The van der Waals surface area contributed by atoms with Gasteiger partial charge in [0.05, 0.1) is 7.11 Å². The van der Waals surface area contributed by atoms with Crippen molar-refractivity contribution in [3.05, 3.63) is 115 Å². The summed E-state index contributed by atoms with van der Waals surface area (Å²) < 4.78 is 5.43. The third-order valence-electron chi connectivity index (χ3n) is 5.70. The van der Waals surface area contributed by atoms with Gasteiger partial charge in [0, 0.05) is 20.9 Å². The van der Waals surface area contributed by atoms with E-state index in [1.807, 2.05) is 23.5 Å². The lowest BCUT2D eigenvalue weighted by Gasteiger charge is -2.12. The van der Waals surface area contributed by atoms with Gasteiger partial charge in [-0.25, -0.2) is 0 Å². The first-order chi connectivity index (χ1) is 15.7. The SMILES string of the molecule is COc1ccc(-c2c(-c3ccccc3)sc(-c3ccccc3)c2-c2ccc(C)cc2)cc1. The Kier molecular flexibility index (Phi) is 5.62. The third-order valence-corrected chi connectivity index (χ3v) is 6.99. The molecule has 0 aliphatic rings. The lowest BCUT2D eigenvalue weighted by atomic mass is 9.91. The molecule has 0 saturated heterocycles. The second kappa shape index (κ2) is 8.86. The summed E-state index contributed by atoms with van der Waals surface area (Å²) >= 11 is 1.86. The van der Waals surface area contributed by atoms with Crippen LogP contribution < -0.4 is 4.74 Å². The van der Waals surface area contributed by atoms with Crippen molar-refractivity contribution in [2.24, 2.45) is 0 Å². The Bertz CT molecular complexity index is 1320. The van der Waals surface area contributed by atoms with Crippen LogP contribution in [0.5, 0.6) is 5.75 Å². The molecule has 5 aromatic rings. The van der Waals surface area contributed by atoms with Gasteiger partial charge < -0.3 is 4.74 Å². The minimum absolute atomic E-state index is 0.866. The van der Waals surface area contributed by atoms with E-state index < -0.39 is 0 Å². The molecule has 0 spiro atoms. The smallest absolute Gasteiger partial charge is 0.118 e. The lowest BCUT2D eigenvalue weighted by Crippen LogP contribution is -1.87. The largest absolute Gasteiger partial charge is 0.497 e. The first kappa shape index (κ1) is 20.3. The van der Waals surface area contributed by atoms with Gasteiger partial charge in [-0.3, -0.25) is 0 Å². The zero-order valence-electron chi connectivity index (χ0n) is 18.2. The van der Waals surface area contributed by atoms with E-state index in [-0.39, 0.29) is 0 Å². The summed E-state index contributed by atoms with van der Waals surface area (Å²) in [4.78, 5) is 2.57. The van der Waals surface area contributed by atoms with E-state index in [9.17, 15) is 0 Å². The first-order valence-corrected chi connectivity index (χ1v) is 11.6. The number of aryl methyl sites for hydroxylation is 1. The average Bonchev–Trinajstić information content (AvgIpc) is 3.26. The molecule has 1 heterocycles. The molecule has 1 aromatic heterocycles. The first-order valence-electron chi connectivity index (χ1n) is 10.7. The molecule has 0 radical (unpaired) electrons. The van der Waals surface area contributed by atoms with Crippen molar-refractivity contribution in [1.29, 1.82) is 0 Å². The summed E-state index contributed by atoms with van der Waals surface area (Å²) in [6, 6.07) is 38.7. The molecule has 0 amide bonds. The highest BCUT2D eigenvalue weighted by molar-refractivity contribution is 7.20. The molecule has 0 unspecified atom stereocenters. The maximum absolute atomic E-state index is 5.43. The molecule has 5 rings (SSSR count). The Morgan fingerprint density at radius 1 is 0.500 bits per heavy atom. The van der Waals surface area contributed by atoms with Crippen LogP contribution in [0.1, 0.15) is 5.56 Å². The molecule has 4 aromatic carbocycles. The molecule has 0 N–H and O–H groups in total. The Morgan fingerprint density at radius 3 is 1.38 bits per heavy atom. The zero-order valence-corrected chi connectivity index (χ0v) is 19.0. The number of benzene rings is 4. The van der Waals surface area contributed by atoms with Crippen molar-refractivity contribution >= 4 is 11.3 Å². The van der Waals surface area contributed by atoms with Crippen molar-refractivity contribution in [2.75, 3.05) is 7.11 Å². The molecule has 156 valence electrons. The number of rotatable bonds is 5. The molecule has 0 aliphatic carbocycles. The number of methoxy groups -OCH3 is 1. The Labute approximate surface area is 193 Å². The van der Waals surface area contributed by atoms with Crippen molar-refractivity contribution in [3.8, 4) is 48.9 Å². The van der Waals surface area contributed by atoms with Gasteiger partial charge in [0.25, 0.3) is 0 Å². The summed E-state index contributed by atoms with van der Waals surface area (Å²) in [6.45, 7) is 2.13. The summed E-state index contributed by atoms with van der Waals surface area (Å²) in [6.07, 6.45) is 0. The molecular formula is C30H24OS. The number of hydrogen-bond donors (Lipinski definition) is 0. The number of thiophene rings is 1. The minimum atomic E-state index is 0.866. The van der Waals surface area contributed by atoms with Gasteiger partial charge >= 0.3 is 0 Å². The predicted molar refractivity (Wildman–Crippen MR) is 137 cm³/mol. The molecule has 1 nitrogen and oxygen atoms in total. The van der Waals surface area contributed by atoms with Crippen molar-refractivity contribution in [3.63, 3.8) is 0 Å². The van der Waals surface area contributed by atoms with Crippen LogP contribution in [0.3, 0.4) is 0 Å². The molecule has 0 atom stereocenters. The Balaban J connectivity index is 1.85. The van der Waals surface area contributed by atoms with Crippen LogP contribution in [0, 0.1) is 6.92 Å². The molecular weight excluding hydrogens is 408 g/mol. The summed E-state index contributed by atoms with van der Waals surface area (Å²) in [5.41, 5.74) is 8.72. The second-order valence-corrected chi connectivity index (χ2v) is 8.86. The fraction of sp³-hybridized carbons (Fsp3) is 0.0667. The fourth-order valence-corrected chi connectivity index (χ4v) is 5.40. The highest BCUT2D eigenvalue weighted by atomic mass is 32.1. The standard InChI is InChI=1S/C30H24OS/c1-21-13-15-22(16-14-21)27-28(23-17-19-26(31-2)20-18-23)30(25-11-7-4-8-12-25)32-29(27)24-9-5-3-6-10-24/h3-20H,1-2H3. The van der Waals surface area contributed by atoms with Crippen LogP contribution in [-0.4, -0.2) is 7.11 Å². The monoisotopic (exact) mass is 432 g/mol. The van der Waals surface area contributed by atoms with E-state index in [2.05, 4.69) is 104 Å². The molecule has 0 aliphatic heterocycles.